The highest BCUT2D eigenvalue weighted by atomic mass is 16.5. The summed E-state index contributed by atoms with van der Waals surface area (Å²) in [5.74, 6) is 0.903. The first-order valence-corrected chi connectivity index (χ1v) is 6.09. The summed E-state index contributed by atoms with van der Waals surface area (Å²) in [6.07, 6.45) is 1.90. The van der Waals surface area contributed by atoms with E-state index in [9.17, 15) is 0 Å². The molecule has 0 aliphatic carbocycles. The molecule has 0 radical (unpaired) electrons. The van der Waals surface area contributed by atoms with Crippen molar-refractivity contribution in [2.45, 2.75) is 52.6 Å². The first kappa shape index (κ1) is 13.8. The fourth-order valence-electron chi connectivity index (χ4n) is 1.81. The van der Waals surface area contributed by atoms with Crippen LogP contribution >= 0.6 is 0 Å². The second kappa shape index (κ2) is 4.56. The molecule has 0 N–H and O–H groups in total. The van der Waals surface area contributed by atoms with Crippen LogP contribution in [0.1, 0.15) is 52.7 Å². The maximum Gasteiger partial charge on any atom is 0.120 e. The molecule has 1 rings (SSSR count). The Bertz CT molecular complexity index is 403. The highest BCUT2D eigenvalue weighted by Gasteiger charge is 2.18. The Morgan fingerprint density at radius 1 is 1.06 bits per heavy atom. The molecule has 94 valence electrons. The van der Waals surface area contributed by atoms with Gasteiger partial charge in [0.15, 0.2) is 0 Å². The summed E-state index contributed by atoms with van der Waals surface area (Å²) in [6, 6.07) is 6.25. The highest BCUT2D eigenvalue weighted by molar-refractivity contribution is 5.56. The monoisotopic (exact) mass is 232 g/mol. The molecule has 1 nitrogen and oxygen atoms in total. The molecule has 0 saturated heterocycles. The molecule has 0 heterocycles. The molecule has 0 spiro atoms. The third kappa shape index (κ3) is 3.92. The van der Waals surface area contributed by atoms with Gasteiger partial charge in [-0.2, -0.15) is 0 Å². The van der Waals surface area contributed by atoms with Gasteiger partial charge in [-0.05, 0) is 49.4 Å². The van der Waals surface area contributed by atoms with Gasteiger partial charge in [-0.25, -0.2) is 0 Å². The fourth-order valence-corrected chi connectivity index (χ4v) is 1.81. The summed E-state index contributed by atoms with van der Waals surface area (Å²) in [4.78, 5) is 0. The van der Waals surface area contributed by atoms with E-state index < -0.39 is 0 Å². The number of hydrogen-bond acceptors (Lipinski definition) is 1. The van der Waals surface area contributed by atoms with Gasteiger partial charge in [-0.1, -0.05) is 39.5 Å². The van der Waals surface area contributed by atoms with Crippen molar-refractivity contribution in [1.29, 1.82) is 0 Å². The van der Waals surface area contributed by atoms with Crippen LogP contribution in [0.2, 0.25) is 0 Å². The zero-order valence-corrected chi connectivity index (χ0v) is 11.9. The lowest BCUT2D eigenvalue weighted by Gasteiger charge is -2.25. The number of ether oxygens (including phenoxy) is 1. The lowest BCUT2D eigenvalue weighted by Crippen LogP contribution is -2.23. The van der Waals surface area contributed by atoms with Crippen molar-refractivity contribution in [3.05, 3.63) is 35.9 Å². The molecule has 0 aromatic heterocycles. The van der Waals surface area contributed by atoms with Crippen molar-refractivity contribution in [2.24, 2.45) is 0 Å². The van der Waals surface area contributed by atoms with E-state index in [1.165, 1.54) is 5.56 Å². The minimum Gasteiger partial charge on any atom is -0.488 e. The van der Waals surface area contributed by atoms with Crippen LogP contribution in [-0.2, 0) is 5.41 Å². The third-order valence-electron chi connectivity index (χ3n) is 2.47. The lowest BCUT2D eigenvalue weighted by atomic mass is 9.83. The molecule has 0 bridgehead atoms. The first-order chi connectivity index (χ1) is 7.63. The van der Waals surface area contributed by atoms with Crippen molar-refractivity contribution >= 4 is 6.08 Å². The molecular formula is C16H24O. The Kier molecular flexibility index (Phi) is 3.71. The van der Waals surface area contributed by atoms with E-state index in [2.05, 4.69) is 60.3 Å². The van der Waals surface area contributed by atoms with E-state index in [4.69, 9.17) is 4.74 Å². The molecule has 0 aliphatic rings. The SMILES string of the molecule is C=Cc1cc(OC(C)(C)C)ccc1C(C)(C)C. The minimum atomic E-state index is -0.165. The summed E-state index contributed by atoms with van der Waals surface area (Å²) in [5, 5.41) is 0. The molecule has 0 atom stereocenters. The van der Waals surface area contributed by atoms with Gasteiger partial charge in [0.1, 0.15) is 11.4 Å². The zero-order valence-electron chi connectivity index (χ0n) is 11.9. The van der Waals surface area contributed by atoms with E-state index in [1.807, 2.05) is 12.1 Å². The van der Waals surface area contributed by atoms with Gasteiger partial charge in [0.25, 0.3) is 0 Å². The normalized spacial score (nSPS) is 12.4. The van der Waals surface area contributed by atoms with Gasteiger partial charge in [0.05, 0.1) is 0 Å². The molecule has 1 aromatic carbocycles. The standard InChI is InChI=1S/C16H24O/c1-8-12-11-13(17-16(5,6)7)9-10-14(12)15(2,3)4/h8-11H,1H2,2-7H3. The van der Waals surface area contributed by atoms with Crippen LogP contribution < -0.4 is 4.74 Å². The second-order valence-corrected chi connectivity index (χ2v) is 6.42. The molecule has 0 saturated carbocycles. The van der Waals surface area contributed by atoms with Gasteiger partial charge in [0.2, 0.25) is 0 Å². The summed E-state index contributed by atoms with van der Waals surface area (Å²) in [5.41, 5.74) is 2.42. The summed E-state index contributed by atoms with van der Waals surface area (Å²) < 4.78 is 5.86. The van der Waals surface area contributed by atoms with Crippen LogP contribution in [0.5, 0.6) is 5.75 Å². The lowest BCUT2D eigenvalue weighted by molar-refractivity contribution is 0.131. The third-order valence-corrected chi connectivity index (χ3v) is 2.47. The maximum atomic E-state index is 5.86. The summed E-state index contributed by atoms with van der Waals surface area (Å²) in [6.45, 7) is 16.7. The quantitative estimate of drug-likeness (QED) is 0.711. The Morgan fingerprint density at radius 2 is 1.65 bits per heavy atom. The molecular weight excluding hydrogens is 208 g/mol. The largest absolute Gasteiger partial charge is 0.488 e. The fraction of sp³-hybridized carbons (Fsp3) is 0.500. The van der Waals surface area contributed by atoms with Crippen LogP contribution in [0.4, 0.5) is 0 Å². The maximum absolute atomic E-state index is 5.86. The minimum absolute atomic E-state index is 0.129. The van der Waals surface area contributed by atoms with E-state index in [1.54, 1.807) is 0 Å². The predicted octanol–water partition coefficient (Wildman–Crippen LogP) is 4.80. The average Bonchev–Trinajstić information content (AvgIpc) is 2.13. The average molecular weight is 232 g/mol. The highest BCUT2D eigenvalue weighted by Crippen LogP contribution is 2.30. The first-order valence-electron chi connectivity index (χ1n) is 6.09. The van der Waals surface area contributed by atoms with Gasteiger partial charge in [-0.15, -0.1) is 0 Å². The summed E-state index contributed by atoms with van der Waals surface area (Å²) >= 11 is 0. The van der Waals surface area contributed by atoms with Crippen LogP contribution in [-0.4, -0.2) is 5.60 Å². The van der Waals surface area contributed by atoms with Gasteiger partial charge in [-0.3, -0.25) is 0 Å². The van der Waals surface area contributed by atoms with Gasteiger partial charge >= 0.3 is 0 Å². The van der Waals surface area contributed by atoms with Crippen molar-refractivity contribution in [3.63, 3.8) is 0 Å². The smallest absolute Gasteiger partial charge is 0.120 e. The number of benzene rings is 1. The van der Waals surface area contributed by atoms with Crippen LogP contribution in [0.15, 0.2) is 24.8 Å². The van der Waals surface area contributed by atoms with E-state index in [0.717, 1.165) is 11.3 Å². The molecule has 0 amide bonds. The molecule has 1 aromatic rings. The molecule has 0 unspecified atom stereocenters. The Labute approximate surface area is 106 Å². The Morgan fingerprint density at radius 3 is 2.06 bits per heavy atom. The molecule has 0 fully saturated rings. The van der Waals surface area contributed by atoms with E-state index >= 15 is 0 Å². The van der Waals surface area contributed by atoms with Crippen molar-refractivity contribution in [2.75, 3.05) is 0 Å². The van der Waals surface area contributed by atoms with Gasteiger partial charge in [0, 0.05) is 0 Å². The van der Waals surface area contributed by atoms with E-state index in [0.29, 0.717) is 0 Å². The van der Waals surface area contributed by atoms with Crippen LogP contribution in [0.25, 0.3) is 6.08 Å². The zero-order chi connectivity index (χ0) is 13.3. The Hall–Kier alpha value is -1.24. The molecule has 0 aliphatic heterocycles. The number of rotatable bonds is 2. The molecule has 1 heteroatoms. The predicted molar refractivity (Wildman–Crippen MR) is 75.6 cm³/mol. The van der Waals surface area contributed by atoms with Crippen molar-refractivity contribution in [3.8, 4) is 5.75 Å². The second-order valence-electron chi connectivity index (χ2n) is 6.42. The number of hydrogen-bond donors (Lipinski definition) is 0. The topological polar surface area (TPSA) is 9.23 Å². The summed E-state index contributed by atoms with van der Waals surface area (Å²) in [7, 11) is 0. The van der Waals surface area contributed by atoms with Crippen molar-refractivity contribution < 1.29 is 4.74 Å². The van der Waals surface area contributed by atoms with Gasteiger partial charge < -0.3 is 4.74 Å². The molecule has 17 heavy (non-hydrogen) atoms. The van der Waals surface area contributed by atoms with Crippen LogP contribution in [0.3, 0.4) is 0 Å². The van der Waals surface area contributed by atoms with Crippen molar-refractivity contribution in [1.82, 2.24) is 0 Å². The Balaban J connectivity index is 3.14. The van der Waals surface area contributed by atoms with Crippen LogP contribution in [0, 0.1) is 0 Å². The van der Waals surface area contributed by atoms with E-state index in [-0.39, 0.29) is 11.0 Å².